The molecule has 1 amide bonds. The average Bonchev–Trinajstić information content (AvgIpc) is 2.63. The number of hydrogen-bond acceptors (Lipinski definition) is 5. The first-order valence-corrected chi connectivity index (χ1v) is 9.96. The minimum absolute atomic E-state index is 0.0186. The Balaban J connectivity index is 2.17. The van der Waals surface area contributed by atoms with E-state index in [1.165, 1.54) is 43.3 Å². The van der Waals surface area contributed by atoms with E-state index in [9.17, 15) is 18.0 Å². The van der Waals surface area contributed by atoms with E-state index < -0.39 is 28.0 Å². The fourth-order valence-electron chi connectivity index (χ4n) is 2.12. The molecular weight excluding hydrogens is 392 g/mol. The molecule has 0 heterocycles. The smallest absolute Gasteiger partial charge is 0.338 e. The van der Waals surface area contributed by atoms with Gasteiger partial charge in [0.05, 0.1) is 10.5 Å². The van der Waals surface area contributed by atoms with Gasteiger partial charge in [-0.25, -0.2) is 13.2 Å². The van der Waals surface area contributed by atoms with E-state index in [1.807, 2.05) is 0 Å². The highest BCUT2D eigenvalue weighted by molar-refractivity contribution is 7.92. The number of esters is 1. The minimum atomic E-state index is -3.92. The highest BCUT2D eigenvalue weighted by Crippen LogP contribution is 2.19. The van der Waals surface area contributed by atoms with Gasteiger partial charge in [-0.15, -0.1) is 0 Å². The molecule has 0 spiro atoms. The Morgan fingerprint density at radius 3 is 2.44 bits per heavy atom. The number of halogens is 1. The van der Waals surface area contributed by atoms with Crippen LogP contribution < -0.4 is 10.0 Å². The Morgan fingerprint density at radius 2 is 1.81 bits per heavy atom. The van der Waals surface area contributed by atoms with Crippen LogP contribution in [-0.4, -0.2) is 32.9 Å². The van der Waals surface area contributed by atoms with Gasteiger partial charge in [0.1, 0.15) is 0 Å². The molecule has 0 aliphatic heterocycles. The quantitative estimate of drug-likeness (QED) is 0.683. The van der Waals surface area contributed by atoms with E-state index in [0.29, 0.717) is 17.3 Å². The van der Waals surface area contributed by atoms with Crippen LogP contribution in [0.1, 0.15) is 24.2 Å². The monoisotopic (exact) mass is 410 g/mol. The van der Waals surface area contributed by atoms with Crippen molar-refractivity contribution in [1.82, 2.24) is 5.32 Å². The molecule has 144 valence electrons. The lowest BCUT2D eigenvalue weighted by molar-refractivity contribution is -0.128. The largest absolute Gasteiger partial charge is 0.449 e. The van der Waals surface area contributed by atoms with Crippen LogP contribution in [0.3, 0.4) is 0 Å². The van der Waals surface area contributed by atoms with Gasteiger partial charge in [0.2, 0.25) is 0 Å². The number of hydrogen-bond donors (Lipinski definition) is 2. The minimum Gasteiger partial charge on any atom is -0.449 e. The van der Waals surface area contributed by atoms with Crippen LogP contribution in [0.5, 0.6) is 0 Å². The second-order valence-corrected chi connectivity index (χ2v) is 7.70. The van der Waals surface area contributed by atoms with Crippen molar-refractivity contribution in [3.63, 3.8) is 0 Å². The highest BCUT2D eigenvalue weighted by atomic mass is 35.5. The summed E-state index contributed by atoms with van der Waals surface area (Å²) in [6.45, 7) is 3.59. The predicted octanol–water partition coefficient (Wildman–Crippen LogP) is 2.82. The molecule has 1 atom stereocenters. The number of carbonyl (C=O) groups excluding carboxylic acids is 2. The maximum absolute atomic E-state index is 12.5. The summed E-state index contributed by atoms with van der Waals surface area (Å²) in [5, 5.41) is 3.01. The number of ether oxygens (including phenoxy) is 1. The molecule has 0 radical (unpaired) electrons. The Labute approximate surface area is 162 Å². The number of sulfonamides is 1. The molecule has 2 rings (SSSR count). The lowest BCUT2D eigenvalue weighted by Crippen LogP contribution is -2.35. The van der Waals surface area contributed by atoms with Gasteiger partial charge in [0.15, 0.2) is 6.10 Å². The van der Waals surface area contributed by atoms with Gasteiger partial charge in [-0.3, -0.25) is 9.52 Å². The molecule has 0 saturated carbocycles. The Hall–Kier alpha value is -2.58. The van der Waals surface area contributed by atoms with Crippen molar-refractivity contribution in [2.45, 2.75) is 24.8 Å². The maximum Gasteiger partial charge on any atom is 0.338 e. The first-order valence-electron chi connectivity index (χ1n) is 8.10. The summed E-state index contributed by atoms with van der Waals surface area (Å²) in [4.78, 5) is 23.8. The standard InChI is InChI=1S/C18H19ClN2O5S/c1-3-20-17(22)12(2)26-18(23)13-5-4-6-16(11-13)27(24,25)21-15-9-7-14(19)8-10-15/h4-12,21H,3H2,1-2H3,(H,20,22)/t12-/m1/s1. The van der Waals surface area contributed by atoms with E-state index >= 15 is 0 Å². The number of anilines is 1. The first kappa shape index (κ1) is 20.7. The van der Waals surface area contributed by atoms with Crippen molar-refractivity contribution in [3.05, 3.63) is 59.1 Å². The molecule has 7 nitrogen and oxygen atoms in total. The molecule has 0 aliphatic carbocycles. The molecular formula is C18H19ClN2O5S. The van der Waals surface area contributed by atoms with Gasteiger partial charge in [0, 0.05) is 17.3 Å². The number of benzene rings is 2. The summed E-state index contributed by atoms with van der Waals surface area (Å²) >= 11 is 5.78. The SMILES string of the molecule is CCNC(=O)[C@@H](C)OC(=O)c1cccc(S(=O)(=O)Nc2ccc(Cl)cc2)c1. The van der Waals surface area contributed by atoms with E-state index in [-0.39, 0.29) is 10.5 Å². The van der Waals surface area contributed by atoms with Crippen LogP contribution >= 0.6 is 11.6 Å². The third-order valence-electron chi connectivity index (χ3n) is 3.48. The summed E-state index contributed by atoms with van der Waals surface area (Å²) < 4.78 is 32.5. The number of nitrogens with one attached hydrogen (secondary N) is 2. The van der Waals surface area contributed by atoms with Gasteiger partial charge in [0.25, 0.3) is 15.9 Å². The molecule has 27 heavy (non-hydrogen) atoms. The van der Waals surface area contributed by atoms with Crippen LogP contribution in [0.15, 0.2) is 53.4 Å². The first-order chi connectivity index (χ1) is 12.7. The van der Waals surface area contributed by atoms with Gasteiger partial charge < -0.3 is 10.1 Å². The summed E-state index contributed by atoms with van der Waals surface area (Å²) in [6.07, 6.45) is -0.995. The summed E-state index contributed by atoms with van der Waals surface area (Å²) in [7, 11) is -3.92. The molecule has 0 saturated heterocycles. The number of rotatable bonds is 7. The van der Waals surface area contributed by atoms with Crippen LogP contribution in [0, 0.1) is 0 Å². The number of likely N-dealkylation sites (N-methyl/N-ethyl adjacent to an activating group) is 1. The number of carbonyl (C=O) groups is 2. The van der Waals surface area contributed by atoms with Crippen LogP contribution in [0.2, 0.25) is 5.02 Å². The molecule has 0 fully saturated rings. The van der Waals surface area contributed by atoms with Crippen molar-refractivity contribution in [3.8, 4) is 0 Å². The van der Waals surface area contributed by atoms with Crippen LogP contribution in [0.25, 0.3) is 0 Å². The molecule has 2 aromatic rings. The van der Waals surface area contributed by atoms with E-state index in [0.717, 1.165) is 0 Å². The summed E-state index contributed by atoms with van der Waals surface area (Å²) in [5.41, 5.74) is 0.349. The van der Waals surface area contributed by atoms with Crippen molar-refractivity contribution in [1.29, 1.82) is 0 Å². The molecule has 0 aliphatic rings. The van der Waals surface area contributed by atoms with E-state index in [1.54, 1.807) is 19.1 Å². The summed E-state index contributed by atoms with van der Waals surface area (Å²) in [6, 6.07) is 11.5. The highest BCUT2D eigenvalue weighted by Gasteiger charge is 2.21. The molecule has 0 aromatic heterocycles. The zero-order valence-electron chi connectivity index (χ0n) is 14.7. The topological polar surface area (TPSA) is 102 Å². The third-order valence-corrected chi connectivity index (χ3v) is 5.11. The summed E-state index contributed by atoms with van der Waals surface area (Å²) in [5.74, 6) is -1.23. The lowest BCUT2D eigenvalue weighted by atomic mass is 10.2. The maximum atomic E-state index is 12.5. The van der Waals surface area contributed by atoms with Crippen LogP contribution in [-0.2, 0) is 19.6 Å². The second-order valence-electron chi connectivity index (χ2n) is 5.58. The molecule has 0 unspecified atom stereocenters. The normalized spacial score (nSPS) is 12.1. The van der Waals surface area contributed by atoms with Gasteiger partial charge in [-0.05, 0) is 56.3 Å². The van der Waals surface area contributed by atoms with Gasteiger partial charge >= 0.3 is 5.97 Å². The molecule has 2 N–H and O–H groups in total. The molecule has 9 heteroatoms. The number of amides is 1. The third kappa shape index (κ3) is 5.70. The fourth-order valence-corrected chi connectivity index (χ4v) is 3.35. The predicted molar refractivity (Wildman–Crippen MR) is 102 cm³/mol. The van der Waals surface area contributed by atoms with Gasteiger partial charge in [-0.1, -0.05) is 17.7 Å². The van der Waals surface area contributed by atoms with Crippen molar-refractivity contribution < 1.29 is 22.7 Å². The van der Waals surface area contributed by atoms with Gasteiger partial charge in [-0.2, -0.15) is 0 Å². The zero-order chi connectivity index (χ0) is 20.0. The Bertz CT molecular complexity index is 929. The molecule has 0 bridgehead atoms. The van der Waals surface area contributed by atoms with Crippen LogP contribution in [0.4, 0.5) is 5.69 Å². The average molecular weight is 411 g/mol. The second kappa shape index (κ2) is 8.88. The Morgan fingerprint density at radius 1 is 1.15 bits per heavy atom. The van der Waals surface area contributed by atoms with Crippen molar-refractivity contribution in [2.24, 2.45) is 0 Å². The molecule has 2 aromatic carbocycles. The van der Waals surface area contributed by atoms with Crippen molar-refractivity contribution in [2.75, 3.05) is 11.3 Å². The van der Waals surface area contributed by atoms with E-state index in [4.69, 9.17) is 16.3 Å². The Kier molecular flexibility index (Phi) is 6.81. The zero-order valence-corrected chi connectivity index (χ0v) is 16.3. The van der Waals surface area contributed by atoms with E-state index in [2.05, 4.69) is 10.0 Å². The fraction of sp³-hybridized carbons (Fsp3) is 0.222. The van der Waals surface area contributed by atoms with Crippen molar-refractivity contribution >= 4 is 39.2 Å². The lowest BCUT2D eigenvalue weighted by Gasteiger charge is -2.13.